The molecule has 0 aromatic carbocycles. The van der Waals surface area contributed by atoms with Gasteiger partial charge >= 0.3 is 19.8 Å². The quantitative estimate of drug-likeness (QED) is 0.0402. The predicted molar refractivity (Wildman–Crippen MR) is 179 cm³/mol. The van der Waals surface area contributed by atoms with Gasteiger partial charge in [-0.3, -0.25) is 14.1 Å². The van der Waals surface area contributed by atoms with Crippen LogP contribution >= 0.6 is 7.82 Å². The summed E-state index contributed by atoms with van der Waals surface area (Å²) in [7, 11) is -4.74. The number of carbonyl (C=O) groups excluding carboxylic acids is 2. The Bertz CT molecular complexity index is 696. The summed E-state index contributed by atoms with van der Waals surface area (Å²) in [6.07, 6.45) is 31.1. The Hall–Kier alpha value is -0.950. The molecule has 0 aliphatic heterocycles. The Morgan fingerprint density at radius 2 is 0.818 bits per heavy atom. The third kappa shape index (κ3) is 33.9. The monoisotopic (exact) mass is 648 g/mol. The molecule has 8 nitrogen and oxygen atoms in total. The van der Waals surface area contributed by atoms with Crippen LogP contribution in [0.25, 0.3) is 0 Å². The fourth-order valence-electron chi connectivity index (χ4n) is 5.37. The van der Waals surface area contributed by atoms with Crippen LogP contribution in [0.15, 0.2) is 0 Å². The number of rotatable bonds is 34. The summed E-state index contributed by atoms with van der Waals surface area (Å²) in [5.74, 6) is -0.875. The van der Waals surface area contributed by atoms with E-state index in [0.29, 0.717) is 6.42 Å². The van der Waals surface area contributed by atoms with Crippen molar-refractivity contribution >= 4 is 19.8 Å². The molecule has 1 atom stereocenters. The molecule has 0 amide bonds. The molecule has 262 valence electrons. The lowest BCUT2D eigenvalue weighted by atomic mass is 10.0. The Morgan fingerprint density at radius 1 is 0.500 bits per heavy atom. The van der Waals surface area contributed by atoms with Crippen LogP contribution in [0, 0.1) is 0 Å². The van der Waals surface area contributed by atoms with Gasteiger partial charge in [0.15, 0.2) is 6.10 Å². The third-order valence-electron chi connectivity index (χ3n) is 8.13. The summed E-state index contributed by atoms with van der Waals surface area (Å²) >= 11 is 0. The summed E-state index contributed by atoms with van der Waals surface area (Å²) in [5.41, 5.74) is 0. The number of ether oxygens (including phenoxy) is 2. The van der Waals surface area contributed by atoms with Crippen LogP contribution in [0.5, 0.6) is 0 Å². The summed E-state index contributed by atoms with van der Waals surface area (Å²) in [6.45, 7) is 3.67. The predicted octanol–water partition coefficient (Wildman–Crippen LogP) is 10.5. The minimum absolute atomic E-state index is 0.218. The number of phosphoric acid groups is 1. The molecule has 0 rings (SSSR count). The molecule has 0 spiro atoms. The molecule has 0 aliphatic carbocycles. The molecule has 0 bridgehead atoms. The lowest BCUT2D eigenvalue weighted by Crippen LogP contribution is -2.29. The summed E-state index contributed by atoms with van der Waals surface area (Å²) < 4.78 is 26.2. The van der Waals surface area contributed by atoms with Gasteiger partial charge in [-0.05, 0) is 12.8 Å². The SMILES string of the molecule is CCCCCCCCCCCCCCCCCCC(=O)OC[C@H](COP(=O)(O)O)OC(=O)CCCCCCCCCCCC. The van der Waals surface area contributed by atoms with Crippen LogP contribution in [0.1, 0.15) is 194 Å². The van der Waals surface area contributed by atoms with Crippen LogP contribution in [0.4, 0.5) is 0 Å². The average molecular weight is 649 g/mol. The van der Waals surface area contributed by atoms with Gasteiger partial charge in [-0.15, -0.1) is 0 Å². The van der Waals surface area contributed by atoms with E-state index in [2.05, 4.69) is 18.4 Å². The first-order valence-electron chi connectivity index (χ1n) is 18.3. The van der Waals surface area contributed by atoms with E-state index in [1.165, 1.54) is 122 Å². The third-order valence-corrected chi connectivity index (χ3v) is 8.61. The number of esters is 2. The molecule has 0 radical (unpaired) electrons. The summed E-state index contributed by atoms with van der Waals surface area (Å²) in [6, 6.07) is 0. The van der Waals surface area contributed by atoms with Crippen molar-refractivity contribution < 1.29 is 37.9 Å². The number of carbonyl (C=O) groups is 2. The molecule has 0 aliphatic rings. The molecule has 0 heterocycles. The van der Waals surface area contributed by atoms with Gasteiger partial charge in [-0.25, -0.2) is 4.57 Å². The highest BCUT2D eigenvalue weighted by molar-refractivity contribution is 7.46. The first-order chi connectivity index (χ1) is 21.3. The second-order valence-corrected chi connectivity index (χ2v) is 13.8. The first-order valence-corrected chi connectivity index (χ1v) is 19.9. The molecule has 0 fully saturated rings. The van der Waals surface area contributed by atoms with Gasteiger partial charge in [0.25, 0.3) is 0 Å². The second kappa shape index (κ2) is 32.0. The van der Waals surface area contributed by atoms with Crippen LogP contribution in [-0.4, -0.2) is 41.0 Å². The fraction of sp³-hybridized carbons (Fsp3) is 0.943. The standard InChI is InChI=1S/C35H69O8P/c1-3-5-7-9-11-13-15-16-17-18-19-20-22-23-25-27-29-34(36)41-31-33(32-42-44(38,39)40)43-35(37)30-28-26-24-21-14-12-10-8-6-4-2/h33H,3-32H2,1-2H3,(H2,38,39,40)/t33-/m1/s1. The van der Waals surface area contributed by atoms with Crippen LogP contribution in [0.3, 0.4) is 0 Å². The Morgan fingerprint density at radius 3 is 1.16 bits per heavy atom. The van der Waals surface area contributed by atoms with Gasteiger partial charge in [-0.2, -0.15) is 0 Å². The van der Waals surface area contributed by atoms with Crippen molar-refractivity contribution in [2.75, 3.05) is 13.2 Å². The first kappa shape index (κ1) is 43.0. The minimum atomic E-state index is -4.74. The topological polar surface area (TPSA) is 119 Å². The number of phosphoric ester groups is 1. The molecular formula is C35H69O8P. The van der Waals surface area contributed by atoms with Crippen molar-refractivity contribution in [1.29, 1.82) is 0 Å². The van der Waals surface area contributed by atoms with Crippen molar-refractivity contribution in [3.05, 3.63) is 0 Å². The Kier molecular flexibility index (Phi) is 31.3. The zero-order valence-electron chi connectivity index (χ0n) is 28.6. The molecular weight excluding hydrogens is 579 g/mol. The molecule has 0 saturated heterocycles. The molecule has 2 N–H and O–H groups in total. The van der Waals surface area contributed by atoms with Crippen molar-refractivity contribution in [1.82, 2.24) is 0 Å². The van der Waals surface area contributed by atoms with Crippen molar-refractivity contribution in [2.45, 2.75) is 200 Å². The molecule has 0 aromatic heterocycles. The minimum Gasteiger partial charge on any atom is -0.462 e. The van der Waals surface area contributed by atoms with E-state index in [1.807, 2.05) is 0 Å². The van der Waals surface area contributed by atoms with E-state index in [0.717, 1.165) is 38.5 Å². The lowest BCUT2D eigenvalue weighted by molar-refractivity contribution is -0.161. The fourth-order valence-corrected chi connectivity index (χ4v) is 5.73. The Balaban J connectivity index is 3.90. The van der Waals surface area contributed by atoms with Crippen molar-refractivity contribution in [3.63, 3.8) is 0 Å². The highest BCUT2D eigenvalue weighted by Crippen LogP contribution is 2.36. The maximum absolute atomic E-state index is 12.3. The molecule has 9 heteroatoms. The van der Waals surface area contributed by atoms with Crippen LogP contribution < -0.4 is 0 Å². The van der Waals surface area contributed by atoms with E-state index in [-0.39, 0.29) is 19.4 Å². The van der Waals surface area contributed by atoms with E-state index in [1.54, 1.807) is 0 Å². The number of hydrogen-bond acceptors (Lipinski definition) is 6. The lowest BCUT2D eigenvalue weighted by Gasteiger charge is -2.18. The summed E-state index contributed by atoms with van der Waals surface area (Å²) in [5, 5.41) is 0. The van der Waals surface area contributed by atoms with Gasteiger partial charge in [0.05, 0.1) is 6.61 Å². The Labute approximate surface area is 270 Å². The van der Waals surface area contributed by atoms with E-state index >= 15 is 0 Å². The molecule has 44 heavy (non-hydrogen) atoms. The normalized spacial score (nSPS) is 12.4. The molecule has 0 aromatic rings. The molecule has 0 saturated carbocycles. The van der Waals surface area contributed by atoms with Gasteiger partial charge < -0.3 is 19.3 Å². The second-order valence-electron chi connectivity index (χ2n) is 12.6. The van der Waals surface area contributed by atoms with Crippen LogP contribution in [-0.2, 0) is 28.2 Å². The average Bonchev–Trinajstić information content (AvgIpc) is 2.98. The van der Waals surface area contributed by atoms with Gasteiger partial charge in [0.2, 0.25) is 0 Å². The highest BCUT2D eigenvalue weighted by atomic mass is 31.2. The zero-order chi connectivity index (χ0) is 32.6. The zero-order valence-corrected chi connectivity index (χ0v) is 29.5. The van der Waals surface area contributed by atoms with Gasteiger partial charge in [0, 0.05) is 12.8 Å². The van der Waals surface area contributed by atoms with E-state index in [4.69, 9.17) is 19.3 Å². The maximum atomic E-state index is 12.3. The van der Waals surface area contributed by atoms with E-state index in [9.17, 15) is 14.2 Å². The van der Waals surface area contributed by atoms with Crippen molar-refractivity contribution in [2.24, 2.45) is 0 Å². The highest BCUT2D eigenvalue weighted by Gasteiger charge is 2.22. The number of hydrogen-bond donors (Lipinski definition) is 2. The largest absolute Gasteiger partial charge is 0.469 e. The van der Waals surface area contributed by atoms with E-state index < -0.39 is 32.5 Å². The molecule has 0 unspecified atom stereocenters. The van der Waals surface area contributed by atoms with Crippen LogP contribution in [0.2, 0.25) is 0 Å². The smallest absolute Gasteiger partial charge is 0.462 e. The van der Waals surface area contributed by atoms with Crippen molar-refractivity contribution in [3.8, 4) is 0 Å². The van der Waals surface area contributed by atoms with Gasteiger partial charge in [0.1, 0.15) is 6.61 Å². The van der Waals surface area contributed by atoms with Gasteiger partial charge in [-0.1, -0.05) is 168 Å². The number of unbranched alkanes of at least 4 members (excludes halogenated alkanes) is 24. The maximum Gasteiger partial charge on any atom is 0.469 e. The summed E-state index contributed by atoms with van der Waals surface area (Å²) in [4.78, 5) is 42.5.